The van der Waals surface area contributed by atoms with Crippen LogP contribution in [0.2, 0.25) is 0 Å². The number of rotatable bonds is 5. The maximum absolute atomic E-state index is 14.0. The predicted octanol–water partition coefficient (Wildman–Crippen LogP) is 3.67. The van der Waals surface area contributed by atoms with Crippen LogP contribution in [0.4, 0.5) is 4.39 Å². The molecule has 1 heterocycles. The van der Waals surface area contributed by atoms with E-state index in [1.54, 1.807) is 12.1 Å². The monoisotopic (exact) mass is 291 g/mol. The zero-order chi connectivity index (χ0) is 13.9. The first-order chi connectivity index (χ1) is 9.78. The number of methoxy groups -OCH3 is 1. The molecule has 106 valence electrons. The maximum Gasteiger partial charge on any atom is 0.169 e. The van der Waals surface area contributed by atoms with E-state index in [2.05, 4.69) is 11.4 Å². The summed E-state index contributed by atoms with van der Waals surface area (Å²) in [4.78, 5) is 2.88. The van der Waals surface area contributed by atoms with E-state index in [1.165, 1.54) is 41.7 Å². The Morgan fingerprint density at radius 2 is 2.20 bits per heavy atom. The number of fused-ring (bicyclic) bond motifs is 1. The summed E-state index contributed by atoms with van der Waals surface area (Å²) >= 11 is 1.89. The molecule has 0 saturated heterocycles. The molecule has 3 rings (SSSR count). The second-order valence-electron chi connectivity index (χ2n) is 5.05. The first kappa shape index (κ1) is 13.6. The van der Waals surface area contributed by atoms with E-state index in [4.69, 9.17) is 4.74 Å². The van der Waals surface area contributed by atoms with Crippen molar-refractivity contribution in [3.05, 3.63) is 51.0 Å². The highest BCUT2D eigenvalue weighted by Crippen LogP contribution is 2.30. The minimum Gasteiger partial charge on any atom is -0.494 e. The Bertz CT molecular complexity index is 587. The van der Waals surface area contributed by atoms with E-state index in [0.717, 1.165) is 6.54 Å². The van der Waals surface area contributed by atoms with E-state index in [0.29, 0.717) is 17.9 Å². The number of halogens is 1. The van der Waals surface area contributed by atoms with Gasteiger partial charge in [0.1, 0.15) is 0 Å². The highest BCUT2D eigenvalue weighted by molar-refractivity contribution is 7.12. The fourth-order valence-electron chi connectivity index (χ4n) is 2.65. The van der Waals surface area contributed by atoms with Gasteiger partial charge in [0.25, 0.3) is 0 Å². The Hall–Kier alpha value is -1.39. The molecule has 0 saturated carbocycles. The van der Waals surface area contributed by atoms with E-state index in [9.17, 15) is 4.39 Å². The molecule has 20 heavy (non-hydrogen) atoms. The van der Waals surface area contributed by atoms with Crippen molar-refractivity contribution in [2.24, 2.45) is 0 Å². The van der Waals surface area contributed by atoms with Crippen LogP contribution < -0.4 is 10.1 Å². The van der Waals surface area contributed by atoms with E-state index in [1.807, 2.05) is 17.4 Å². The number of hydrogen-bond donors (Lipinski definition) is 1. The lowest BCUT2D eigenvalue weighted by Gasteiger charge is -2.08. The summed E-state index contributed by atoms with van der Waals surface area (Å²) in [6.07, 6.45) is 3.74. The Morgan fingerprint density at radius 3 is 3.00 bits per heavy atom. The molecule has 0 unspecified atom stereocenters. The number of aryl methyl sites for hydroxylation is 2. The standard InChI is InChI=1S/C16H18FNOS/c1-19-14-6-2-5-12(16(14)17)9-18-10-13-8-11-4-3-7-15(11)20-13/h2,5-6,8,18H,3-4,7,9-10H2,1H3. The molecular weight excluding hydrogens is 273 g/mol. The van der Waals surface area contributed by atoms with Gasteiger partial charge in [0, 0.05) is 28.4 Å². The van der Waals surface area contributed by atoms with Gasteiger partial charge in [-0.2, -0.15) is 0 Å². The molecule has 1 aliphatic rings. The Morgan fingerprint density at radius 1 is 1.30 bits per heavy atom. The van der Waals surface area contributed by atoms with Crippen molar-refractivity contribution >= 4 is 11.3 Å². The van der Waals surface area contributed by atoms with Gasteiger partial charge in [-0.3, -0.25) is 0 Å². The van der Waals surface area contributed by atoms with Crippen molar-refractivity contribution in [1.29, 1.82) is 0 Å². The van der Waals surface area contributed by atoms with Crippen LogP contribution in [0, 0.1) is 5.82 Å². The molecule has 0 amide bonds. The van der Waals surface area contributed by atoms with Gasteiger partial charge in [-0.25, -0.2) is 4.39 Å². The van der Waals surface area contributed by atoms with E-state index < -0.39 is 0 Å². The van der Waals surface area contributed by atoms with Crippen molar-refractivity contribution in [3.8, 4) is 5.75 Å². The van der Waals surface area contributed by atoms with Crippen LogP contribution in [0.25, 0.3) is 0 Å². The summed E-state index contributed by atoms with van der Waals surface area (Å²) in [6.45, 7) is 1.32. The highest BCUT2D eigenvalue weighted by Gasteiger charge is 2.14. The predicted molar refractivity (Wildman–Crippen MR) is 79.8 cm³/mol. The number of benzene rings is 1. The van der Waals surface area contributed by atoms with Crippen molar-refractivity contribution < 1.29 is 9.13 Å². The van der Waals surface area contributed by atoms with Crippen LogP contribution in [-0.4, -0.2) is 7.11 Å². The number of nitrogens with one attached hydrogen (secondary N) is 1. The van der Waals surface area contributed by atoms with Crippen LogP contribution in [0.15, 0.2) is 24.3 Å². The average Bonchev–Trinajstić information content (AvgIpc) is 3.01. The van der Waals surface area contributed by atoms with Crippen LogP contribution in [0.1, 0.15) is 27.3 Å². The molecule has 0 fully saturated rings. The zero-order valence-corrected chi connectivity index (χ0v) is 12.4. The van der Waals surface area contributed by atoms with Crippen LogP contribution in [0.5, 0.6) is 5.75 Å². The van der Waals surface area contributed by atoms with Crippen molar-refractivity contribution in [3.63, 3.8) is 0 Å². The molecule has 1 aromatic heterocycles. The Kier molecular flexibility index (Phi) is 4.03. The number of ether oxygens (including phenoxy) is 1. The molecule has 4 heteroatoms. The Labute approximate surface area is 122 Å². The normalized spacial score (nSPS) is 13.5. The van der Waals surface area contributed by atoms with Gasteiger partial charge >= 0.3 is 0 Å². The fraction of sp³-hybridized carbons (Fsp3) is 0.375. The molecule has 2 nitrogen and oxygen atoms in total. The van der Waals surface area contributed by atoms with Gasteiger partial charge < -0.3 is 10.1 Å². The Balaban J connectivity index is 1.59. The van der Waals surface area contributed by atoms with Crippen molar-refractivity contribution in [1.82, 2.24) is 5.32 Å². The molecule has 0 bridgehead atoms. The SMILES string of the molecule is COc1cccc(CNCc2cc3c(s2)CCC3)c1F. The van der Waals surface area contributed by atoms with Gasteiger partial charge in [-0.1, -0.05) is 12.1 Å². The van der Waals surface area contributed by atoms with Crippen LogP contribution in [0.3, 0.4) is 0 Å². The maximum atomic E-state index is 14.0. The molecule has 0 radical (unpaired) electrons. The van der Waals surface area contributed by atoms with E-state index >= 15 is 0 Å². The lowest BCUT2D eigenvalue weighted by atomic mass is 10.2. The van der Waals surface area contributed by atoms with Crippen LogP contribution in [-0.2, 0) is 25.9 Å². The average molecular weight is 291 g/mol. The molecule has 1 aromatic carbocycles. The number of thiophene rings is 1. The lowest BCUT2D eigenvalue weighted by molar-refractivity contribution is 0.383. The van der Waals surface area contributed by atoms with Gasteiger partial charge in [-0.15, -0.1) is 11.3 Å². The van der Waals surface area contributed by atoms with E-state index in [-0.39, 0.29) is 5.82 Å². The van der Waals surface area contributed by atoms with Crippen LogP contribution >= 0.6 is 11.3 Å². The summed E-state index contributed by atoms with van der Waals surface area (Å²) in [5, 5.41) is 3.31. The van der Waals surface area contributed by atoms with Gasteiger partial charge in [0.15, 0.2) is 11.6 Å². The molecule has 0 aliphatic heterocycles. The molecular formula is C16H18FNOS. The third-order valence-electron chi connectivity index (χ3n) is 3.68. The first-order valence-electron chi connectivity index (χ1n) is 6.90. The summed E-state index contributed by atoms with van der Waals surface area (Å²) in [5.74, 6) is 0.0376. The number of hydrogen-bond acceptors (Lipinski definition) is 3. The minimum absolute atomic E-state index is 0.267. The first-order valence-corrected chi connectivity index (χ1v) is 7.72. The summed E-state index contributed by atoms with van der Waals surface area (Å²) < 4.78 is 19.0. The molecule has 2 aromatic rings. The van der Waals surface area contributed by atoms with Gasteiger partial charge in [-0.05, 0) is 37.0 Å². The highest BCUT2D eigenvalue weighted by atomic mass is 32.1. The second-order valence-corrected chi connectivity index (χ2v) is 6.27. The quantitative estimate of drug-likeness (QED) is 0.907. The molecule has 0 spiro atoms. The largest absolute Gasteiger partial charge is 0.494 e. The summed E-state index contributed by atoms with van der Waals surface area (Å²) in [5.41, 5.74) is 2.16. The molecule has 1 aliphatic carbocycles. The summed E-state index contributed by atoms with van der Waals surface area (Å²) in [7, 11) is 1.49. The molecule has 1 N–H and O–H groups in total. The smallest absolute Gasteiger partial charge is 0.169 e. The molecule has 0 atom stereocenters. The van der Waals surface area contributed by atoms with Crippen molar-refractivity contribution in [2.75, 3.05) is 7.11 Å². The minimum atomic E-state index is -0.267. The zero-order valence-electron chi connectivity index (χ0n) is 11.5. The topological polar surface area (TPSA) is 21.3 Å². The fourth-order valence-corrected chi connectivity index (χ4v) is 3.88. The van der Waals surface area contributed by atoms with Gasteiger partial charge in [0.05, 0.1) is 7.11 Å². The third kappa shape index (κ3) is 2.72. The second kappa shape index (κ2) is 5.94. The lowest BCUT2D eigenvalue weighted by Crippen LogP contribution is -2.13. The van der Waals surface area contributed by atoms with Gasteiger partial charge in [0.2, 0.25) is 0 Å². The third-order valence-corrected chi connectivity index (χ3v) is 4.91. The summed E-state index contributed by atoms with van der Waals surface area (Å²) in [6, 6.07) is 7.54. The van der Waals surface area contributed by atoms with Crippen molar-refractivity contribution in [2.45, 2.75) is 32.4 Å².